The summed E-state index contributed by atoms with van der Waals surface area (Å²) in [6.07, 6.45) is 5.70. The Morgan fingerprint density at radius 2 is 2.03 bits per heavy atom. The molecule has 1 fully saturated rings. The zero-order chi connectivity index (χ0) is 21.3. The van der Waals surface area contributed by atoms with E-state index in [-0.39, 0.29) is 17.3 Å². The number of aryl methyl sites for hydroxylation is 2. The van der Waals surface area contributed by atoms with E-state index >= 15 is 0 Å². The van der Waals surface area contributed by atoms with Crippen LogP contribution >= 0.6 is 11.8 Å². The molecular weight excluding hydrogens is 400 g/mol. The Morgan fingerprint density at radius 1 is 1.27 bits per heavy atom. The van der Waals surface area contributed by atoms with Crippen molar-refractivity contribution in [1.82, 2.24) is 34.4 Å². The van der Waals surface area contributed by atoms with Gasteiger partial charge in [0.15, 0.2) is 17.0 Å². The van der Waals surface area contributed by atoms with E-state index in [0.29, 0.717) is 30.1 Å². The molecule has 1 amide bonds. The van der Waals surface area contributed by atoms with Crippen molar-refractivity contribution < 1.29 is 4.79 Å². The van der Waals surface area contributed by atoms with Crippen molar-refractivity contribution >= 4 is 34.7 Å². The fourth-order valence-electron chi connectivity index (χ4n) is 3.66. The fraction of sp³-hybridized carbons (Fsp3) is 0.500. The summed E-state index contributed by atoms with van der Waals surface area (Å²) in [5, 5.41) is 3.54. The summed E-state index contributed by atoms with van der Waals surface area (Å²) in [6.45, 7) is 9.44. The number of imidazole rings is 1. The predicted molar refractivity (Wildman–Crippen MR) is 118 cm³/mol. The molecule has 3 aromatic rings. The zero-order valence-electron chi connectivity index (χ0n) is 17.7. The number of rotatable bonds is 6. The SMILES string of the molecule is CC[C@H](Nc1ncnc2c1nc(-c1cnc(C)nc1)n2CC)C(=O)N1CCS[C@H]1C. The molecule has 2 atom stereocenters. The van der Waals surface area contributed by atoms with Gasteiger partial charge in [0.1, 0.15) is 24.0 Å². The van der Waals surface area contributed by atoms with Crippen molar-refractivity contribution in [3.63, 3.8) is 0 Å². The van der Waals surface area contributed by atoms with Crippen molar-refractivity contribution in [3.8, 4) is 11.4 Å². The van der Waals surface area contributed by atoms with Gasteiger partial charge >= 0.3 is 0 Å². The number of hydrogen-bond donors (Lipinski definition) is 1. The Hall–Kier alpha value is -2.75. The van der Waals surface area contributed by atoms with Gasteiger partial charge in [-0.25, -0.2) is 24.9 Å². The van der Waals surface area contributed by atoms with Gasteiger partial charge < -0.3 is 14.8 Å². The highest BCUT2D eigenvalue weighted by molar-refractivity contribution is 8.00. The summed E-state index contributed by atoms with van der Waals surface area (Å²) in [6, 6.07) is -0.359. The first-order chi connectivity index (χ1) is 14.5. The van der Waals surface area contributed by atoms with Gasteiger partial charge in [0, 0.05) is 31.2 Å². The van der Waals surface area contributed by atoms with Crippen molar-refractivity contribution in [2.24, 2.45) is 0 Å². The number of fused-ring (bicyclic) bond motifs is 1. The quantitative estimate of drug-likeness (QED) is 0.642. The van der Waals surface area contributed by atoms with Gasteiger partial charge in [-0.15, -0.1) is 11.8 Å². The van der Waals surface area contributed by atoms with Crippen LogP contribution in [0.4, 0.5) is 5.82 Å². The van der Waals surface area contributed by atoms with Gasteiger partial charge in [0.2, 0.25) is 5.91 Å². The summed E-state index contributed by atoms with van der Waals surface area (Å²) in [5.41, 5.74) is 2.18. The standard InChI is InChI=1S/C20H26N8OS/c1-5-15(20(29)28-7-8-30-13(28)4)25-17-16-19(24-11-23-17)27(6-2)18(26-16)14-9-21-12(3)22-10-14/h9-11,13,15H,5-8H2,1-4H3,(H,23,24,25)/t13-,15-/m0/s1. The molecule has 158 valence electrons. The maximum atomic E-state index is 13.1. The second-order valence-corrected chi connectivity index (χ2v) is 8.62. The smallest absolute Gasteiger partial charge is 0.246 e. The third-order valence-electron chi connectivity index (χ3n) is 5.32. The molecule has 3 aromatic heterocycles. The second kappa shape index (κ2) is 8.55. The highest BCUT2D eigenvalue weighted by atomic mass is 32.2. The Morgan fingerprint density at radius 3 is 2.67 bits per heavy atom. The topological polar surface area (TPSA) is 102 Å². The summed E-state index contributed by atoms with van der Waals surface area (Å²) < 4.78 is 2.01. The van der Waals surface area contributed by atoms with Crippen LogP contribution in [0, 0.1) is 6.92 Å². The Bertz CT molecular complexity index is 1050. The van der Waals surface area contributed by atoms with Crippen molar-refractivity contribution in [2.45, 2.75) is 52.1 Å². The van der Waals surface area contributed by atoms with Gasteiger partial charge in [0.25, 0.3) is 0 Å². The molecule has 4 heterocycles. The summed E-state index contributed by atoms with van der Waals surface area (Å²) in [7, 11) is 0. The summed E-state index contributed by atoms with van der Waals surface area (Å²) in [4.78, 5) is 37.3. The summed E-state index contributed by atoms with van der Waals surface area (Å²) in [5.74, 6) is 3.09. The predicted octanol–water partition coefficient (Wildman–Crippen LogP) is 2.72. The summed E-state index contributed by atoms with van der Waals surface area (Å²) >= 11 is 1.80. The van der Waals surface area contributed by atoms with Gasteiger partial charge in [-0.05, 0) is 27.2 Å². The average molecular weight is 427 g/mol. The number of hydrogen-bond acceptors (Lipinski definition) is 8. The van der Waals surface area contributed by atoms with Crippen LogP contribution in [0.3, 0.4) is 0 Å². The van der Waals surface area contributed by atoms with Gasteiger partial charge in [-0.2, -0.15) is 0 Å². The van der Waals surface area contributed by atoms with Crippen molar-refractivity contribution in [1.29, 1.82) is 0 Å². The van der Waals surface area contributed by atoms with Crippen LogP contribution in [0.1, 0.15) is 33.0 Å². The number of nitrogens with one attached hydrogen (secondary N) is 1. The van der Waals surface area contributed by atoms with Gasteiger partial charge in [0.05, 0.1) is 10.9 Å². The molecule has 0 unspecified atom stereocenters. The number of aromatic nitrogens is 6. The van der Waals surface area contributed by atoms with Crippen LogP contribution in [-0.4, -0.2) is 64.0 Å². The normalized spacial score (nSPS) is 17.5. The molecule has 1 aliphatic heterocycles. The first kappa shape index (κ1) is 20.5. The Labute approximate surface area is 179 Å². The van der Waals surface area contributed by atoms with E-state index < -0.39 is 0 Å². The highest BCUT2D eigenvalue weighted by Gasteiger charge is 2.31. The molecule has 10 heteroatoms. The van der Waals surface area contributed by atoms with E-state index in [9.17, 15) is 4.79 Å². The van der Waals surface area contributed by atoms with E-state index in [1.54, 1.807) is 24.2 Å². The lowest BCUT2D eigenvalue weighted by Crippen LogP contribution is -2.44. The molecule has 0 aromatic carbocycles. The van der Waals surface area contributed by atoms with E-state index in [0.717, 1.165) is 29.3 Å². The number of thioether (sulfide) groups is 1. The molecule has 1 N–H and O–H groups in total. The van der Waals surface area contributed by atoms with E-state index in [4.69, 9.17) is 4.98 Å². The molecule has 0 aliphatic carbocycles. The number of anilines is 1. The van der Waals surface area contributed by atoms with Crippen LogP contribution in [0.5, 0.6) is 0 Å². The zero-order valence-corrected chi connectivity index (χ0v) is 18.5. The van der Waals surface area contributed by atoms with Gasteiger partial charge in [-0.3, -0.25) is 4.79 Å². The molecule has 0 spiro atoms. The van der Waals surface area contributed by atoms with Crippen LogP contribution < -0.4 is 5.32 Å². The molecule has 30 heavy (non-hydrogen) atoms. The minimum atomic E-state index is -0.359. The third kappa shape index (κ3) is 3.71. The minimum absolute atomic E-state index is 0.101. The molecule has 0 bridgehead atoms. The Kier molecular flexibility index (Phi) is 5.85. The largest absolute Gasteiger partial charge is 0.356 e. The number of carbonyl (C=O) groups excluding carboxylic acids is 1. The highest BCUT2D eigenvalue weighted by Crippen LogP contribution is 2.28. The van der Waals surface area contributed by atoms with Gasteiger partial charge in [-0.1, -0.05) is 6.92 Å². The molecule has 0 radical (unpaired) electrons. The van der Waals surface area contributed by atoms with E-state index in [2.05, 4.69) is 32.2 Å². The number of carbonyl (C=O) groups is 1. The average Bonchev–Trinajstić information content (AvgIpc) is 3.35. The molecule has 4 rings (SSSR count). The van der Waals surface area contributed by atoms with E-state index in [1.165, 1.54) is 6.33 Å². The minimum Gasteiger partial charge on any atom is -0.356 e. The molecular formula is C20H26N8OS. The first-order valence-electron chi connectivity index (χ1n) is 10.2. The molecule has 1 saturated heterocycles. The molecule has 1 aliphatic rings. The van der Waals surface area contributed by atoms with E-state index in [1.807, 2.05) is 30.2 Å². The number of nitrogens with zero attached hydrogens (tertiary/aromatic N) is 7. The first-order valence-corrected chi connectivity index (χ1v) is 11.3. The Balaban J connectivity index is 1.70. The lowest BCUT2D eigenvalue weighted by molar-refractivity contribution is -0.131. The van der Waals surface area contributed by atoms with Crippen LogP contribution in [0.2, 0.25) is 0 Å². The number of amides is 1. The van der Waals surface area contributed by atoms with Crippen LogP contribution in [-0.2, 0) is 11.3 Å². The maximum absolute atomic E-state index is 13.1. The fourth-order valence-corrected chi connectivity index (χ4v) is 4.69. The molecule has 9 nitrogen and oxygen atoms in total. The van der Waals surface area contributed by atoms with Crippen molar-refractivity contribution in [2.75, 3.05) is 17.6 Å². The van der Waals surface area contributed by atoms with Crippen molar-refractivity contribution in [3.05, 3.63) is 24.5 Å². The lowest BCUT2D eigenvalue weighted by Gasteiger charge is -2.26. The second-order valence-electron chi connectivity index (χ2n) is 7.20. The molecule has 0 saturated carbocycles. The van der Waals surface area contributed by atoms with Crippen LogP contribution in [0.25, 0.3) is 22.6 Å². The lowest BCUT2D eigenvalue weighted by atomic mass is 10.2. The monoisotopic (exact) mass is 426 g/mol. The third-order valence-corrected chi connectivity index (χ3v) is 6.47. The maximum Gasteiger partial charge on any atom is 0.246 e. The van der Waals surface area contributed by atoms with Crippen LogP contribution in [0.15, 0.2) is 18.7 Å².